The molecule has 1 unspecified atom stereocenters. The lowest BCUT2D eigenvalue weighted by Gasteiger charge is -2.38. The van der Waals surface area contributed by atoms with Crippen LogP contribution in [0.25, 0.3) is 0 Å². The quantitative estimate of drug-likeness (QED) is 0.477. The molecule has 8 heteroatoms. The molecule has 4 rings (SSSR count). The summed E-state index contributed by atoms with van der Waals surface area (Å²) in [6.45, 7) is 0. The van der Waals surface area contributed by atoms with Crippen molar-refractivity contribution in [3.63, 3.8) is 0 Å². The number of halogens is 2. The molecule has 2 aromatic carbocycles. The molecular formula is C21H16BrFN2O4. The van der Waals surface area contributed by atoms with E-state index >= 15 is 0 Å². The average molecular weight is 459 g/mol. The van der Waals surface area contributed by atoms with Gasteiger partial charge in [-0.05, 0) is 42.7 Å². The maximum Gasteiger partial charge on any atom is 0.271 e. The van der Waals surface area contributed by atoms with Gasteiger partial charge in [-0.3, -0.25) is 24.6 Å². The van der Waals surface area contributed by atoms with Gasteiger partial charge in [0.2, 0.25) is 5.91 Å². The van der Waals surface area contributed by atoms with Crippen LogP contribution in [0.2, 0.25) is 0 Å². The average Bonchev–Trinajstić information content (AvgIpc) is 2.69. The minimum Gasteiger partial charge on any atom is -0.294 e. The second kappa shape index (κ2) is 7.51. The van der Waals surface area contributed by atoms with Gasteiger partial charge < -0.3 is 0 Å². The summed E-state index contributed by atoms with van der Waals surface area (Å²) in [5.41, 5.74) is 1.45. The number of ketones is 1. The summed E-state index contributed by atoms with van der Waals surface area (Å²) in [7, 11) is 0. The van der Waals surface area contributed by atoms with Gasteiger partial charge in [-0.25, -0.2) is 4.39 Å². The van der Waals surface area contributed by atoms with Gasteiger partial charge in [-0.2, -0.15) is 0 Å². The first-order valence-electron chi connectivity index (χ1n) is 9.15. The van der Waals surface area contributed by atoms with Gasteiger partial charge in [-0.15, -0.1) is 0 Å². The summed E-state index contributed by atoms with van der Waals surface area (Å²) in [6, 6.07) is 10.3. The second-order valence-corrected chi connectivity index (χ2v) is 7.98. The molecule has 1 atom stereocenters. The maximum atomic E-state index is 14.6. The molecule has 148 valence electrons. The van der Waals surface area contributed by atoms with E-state index in [1.54, 1.807) is 18.2 Å². The predicted octanol–water partition coefficient (Wildman–Crippen LogP) is 5.02. The summed E-state index contributed by atoms with van der Waals surface area (Å²) >= 11 is 3.32. The number of nitro benzene ring substituents is 1. The summed E-state index contributed by atoms with van der Waals surface area (Å²) in [5.74, 6) is -1.57. The fourth-order valence-corrected chi connectivity index (χ4v) is 4.46. The molecule has 0 saturated heterocycles. The number of carbonyl (C=O) groups excluding carboxylic acids is 2. The molecule has 0 saturated carbocycles. The Morgan fingerprint density at radius 3 is 2.69 bits per heavy atom. The molecule has 6 nitrogen and oxygen atoms in total. The van der Waals surface area contributed by atoms with E-state index in [0.717, 1.165) is 0 Å². The molecule has 0 fully saturated rings. The lowest BCUT2D eigenvalue weighted by molar-refractivity contribution is -0.384. The number of nitro groups is 1. The van der Waals surface area contributed by atoms with Crippen LogP contribution < -0.4 is 4.90 Å². The fourth-order valence-electron chi connectivity index (χ4n) is 4.09. The van der Waals surface area contributed by atoms with E-state index in [-0.39, 0.29) is 23.8 Å². The number of hydrogen-bond acceptors (Lipinski definition) is 4. The second-order valence-electron chi connectivity index (χ2n) is 7.07. The number of nitrogens with zero attached hydrogens (tertiary/aromatic N) is 2. The molecule has 1 aliphatic heterocycles. The lowest BCUT2D eigenvalue weighted by atomic mass is 9.77. The van der Waals surface area contributed by atoms with Crippen LogP contribution in [0.5, 0.6) is 0 Å². The standard InChI is InChI=1S/C21H16BrFN2O4/c22-12-7-8-17(23)15(9-12)16-11-20(27)24(18-5-2-6-19(26)21(16)18)13-3-1-4-14(10-13)25(28)29/h1,3-4,7-10,16H,2,5-6,11H2. The summed E-state index contributed by atoms with van der Waals surface area (Å²) in [6.07, 6.45) is 1.30. The van der Waals surface area contributed by atoms with Gasteiger partial charge in [0.25, 0.3) is 5.69 Å². The number of hydrogen-bond donors (Lipinski definition) is 0. The molecule has 1 amide bonds. The third-order valence-electron chi connectivity index (χ3n) is 5.31. The Labute approximate surface area is 174 Å². The number of benzene rings is 2. The highest BCUT2D eigenvalue weighted by Gasteiger charge is 2.40. The zero-order chi connectivity index (χ0) is 20.7. The van der Waals surface area contributed by atoms with Crippen LogP contribution in [0.3, 0.4) is 0 Å². The Balaban J connectivity index is 1.88. The summed E-state index contributed by atoms with van der Waals surface area (Å²) in [5, 5.41) is 11.1. The highest BCUT2D eigenvalue weighted by atomic mass is 79.9. The molecular weight excluding hydrogens is 443 g/mol. The topological polar surface area (TPSA) is 80.5 Å². The minimum absolute atomic E-state index is 0.0827. The number of carbonyl (C=O) groups is 2. The van der Waals surface area contributed by atoms with Crippen molar-refractivity contribution in [2.45, 2.75) is 31.6 Å². The number of amides is 1. The number of rotatable bonds is 3. The number of allylic oxidation sites excluding steroid dienone is 2. The van der Waals surface area contributed by atoms with Crippen molar-refractivity contribution >= 4 is 39.0 Å². The number of Topliss-reactive ketones (excluding diaryl/α,β-unsaturated/α-hetero) is 1. The Morgan fingerprint density at radius 2 is 1.93 bits per heavy atom. The van der Waals surface area contributed by atoms with E-state index in [1.165, 1.54) is 29.2 Å². The first-order chi connectivity index (χ1) is 13.9. The van der Waals surface area contributed by atoms with Crippen LogP contribution in [0, 0.1) is 15.9 Å². The fraction of sp³-hybridized carbons (Fsp3) is 0.238. The van der Waals surface area contributed by atoms with E-state index in [0.29, 0.717) is 46.3 Å². The third-order valence-corrected chi connectivity index (χ3v) is 5.80. The van der Waals surface area contributed by atoms with E-state index in [2.05, 4.69) is 15.9 Å². The molecule has 1 aliphatic carbocycles. The lowest BCUT2D eigenvalue weighted by Crippen LogP contribution is -2.40. The molecule has 0 aromatic heterocycles. The number of non-ortho nitro benzene ring substituents is 1. The number of anilines is 1. The Bertz CT molecular complexity index is 1080. The highest BCUT2D eigenvalue weighted by Crippen LogP contribution is 2.44. The molecule has 2 aromatic rings. The van der Waals surface area contributed by atoms with Crippen molar-refractivity contribution in [2.75, 3.05) is 4.90 Å². The first-order valence-corrected chi connectivity index (χ1v) is 9.94. The van der Waals surface area contributed by atoms with Gasteiger partial charge in [0.15, 0.2) is 5.78 Å². The molecule has 29 heavy (non-hydrogen) atoms. The molecule has 2 aliphatic rings. The monoisotopic (exact) mass is 458 g/mol. The van der Waals surface area contributed by atoms with Gasteiger partial charge in [-0.1, -0.05) is 22.0 Å². The third kappa shape index (κ3) is 3.48. The van der Waals surface area contributed by atoms with Crippen LogP contribution in [0.1, 0.15) is 37.2 Å². The molecule has 0 N–H and O–H groups in total. The Kier molecular flexibility index (Phi) is 5.04. The molecule has 0 bridgehead atoms. The predicted molar refractivity (Wildman–Crippen MR) is 108 cm³/mol. The molecule has 1 heterocycles. The van der Waals surface area contributed by atoms with Crippen LogP contribution in [0.4, 0.5) is 15.8 Å². The highest BCUT2D eigenvalue weighted by molar-refractivity contribution is 9.10. The van der Waals surface area contributed by atoms with Crippen LogP contribution in [-0.4, -0.2) is 16.6 Å². The van der Waals surface area contributed by atoms with Gasteiger partial charge in [0, 0.05) is 46.6 Å². The SMILES string of the molecule is O=C1CCCC2=C1C(c1cc(Br)ccc1F)CC(=O)N2c1cccc([N+](=O)[O-])c1. The van der Waals surface area contributed by atoms with Gasteiger partial charge in [0.1, 0.15) is 5.82 Å². The van der Waals surface area contributed by atoms with Crippen molar-refractivity contribution in [1.29, 1.82) is 0 Å². The van der Waals surface area contributed by atoms with E-state index in [4.69, 9.17) is 0 Å². The van der Waals surface area contributed by atoms with Crippen LogP contribution in [-0.2, 0) is 9.59 Å². The smallest absolute Gasteiger partial charge is 0.271 e. The Hall–Kier alpha value is -2.87. The summed E-state index contributed by atoms with van der Waals surface area (Å²) < 4.78 is 15.2. The zero-order valence-electron chi connectivity index (χ0n) is 15.2. The zero-order valence-corrected chi connectivity index (χ0v) is 16.8. The van der Waals surface area contributed by atoms with Gasteiger partial charge >= 0.3 is 0 Å². The summed E-state index contributed by atoms with van der Waals surface area (Å²) in [4.78, 5) is 37.9. The first kappa shape index (κ1) is 19.4. The maximum absolute atomic E-state index is 14.6. The largest absolute Gasteiger partial charge is 0.294 e. The van der Waals surface area contributed by atoms with Crippen molar-refractivity contribution in [1.82, 2.24) is 0 Å². The van der Waals surface area contributed by atoms with Gasteiger partial charge in [0.05, 0.1) is 10.6 Å². The van der Waals surface area contributed by atoms with E-state index in [1.807, 2.05) is 0 Å². The normalized spacial score (nSPS) is 19.4. The van der Waals surface area contributed by atoms with Crippen molar-refractivity contribution in [2.24, 2.45) is 0 Å². The van der Waals surface area contributed by atoms with Crippen molar-refractivity contribution in [3.05, 3.63) is 79.7 Å². The van der Waals surface area contributed by atoms with E-state index < -0.39 is 16.7 Å². The minimum atomic E-state index is -0.669. The molecule has 0 radical (unpaired) electrons. The van der Waals surface area contributed by atoms with E-state index in [9.17, 15) is 24.1 Å². The van der Waals surface area contributed by atoms with Crippen molar-refractivity contribution < 1.29 is 18.9 Å². The van der Waals surface area contributed by atoms with Crippen molar-refractivity contribution in [3.8, 4) is 0 Å². The Morgan fingerprint density at radius 1 is 1.14 bits per heavy atom. The van der Waals surface area contributed by atoms with Crippen LogP contribution in [0.15, 0.2) is 58.2 Å². The molecule has 0 spiro atoms. The van der Waals surface area contributed by atoms with Crippen LogP contribution >= 0.6 is 15.9 Å².